The van der Waals surface area contributed by atoms with E-state index in [1.807, 2.05) is 6.07 Å². The van der Waals surface area contributed by atoms with Crippen LogP contribution in [0.4, 0.5) is 0 Å². The topological polar surface area (TPSA) is 65.0 Å². The summed E-state index contributed by atoms with van der Waals surface area (Å²) >= 11 is 5.91. The summed E-state index contributed by atoms with van der Waals surface area (Å²) in [7, 11) is 1.96. The van der Waals surface area contributed by atoms with E-state index in [1.165, 1.54) is 0 Å². The summed E-state index contributed by atoms with van der Waals surface area (Å²) in [6.45, 7) is 0. The minimum absolute atomic E-state index is 0.313. The zero-order chi connectivity index (χ0) is 16.6. The zero-order valence-electron chi connectivity index (χ0n) is 13.0. The smallest absolute Gasteiger partial charge is 0.478 e. The number of aliphatic carboxylic acids is 1. The van der Waals surface area contributed by atoms with Crippen LogP contribution >= 0.6 is 11.6 Å². The molecule has 1 N–H and O–H groups in total. The Morgan fingerprint density at radius 2 is 1.91 bits per heavy atom. The summed E-state index contributed by atoms with van der Waals surface area (Å²) in [5.41, 5.74) is 1.08. The van der Waals surface area contributed by atoms with Crippen molar-refractivity contribution < 1.29 is 23.2 Å². The van der Waals surface area contributed by atoms with E-state index in [-0.39, 0.29) is 0 Å². The van der Waals surface area contributed by atoms with Crippen LogP contribution in [0.15, 0.2) is 29.8 Å². The first kappa shape index (κ1) is 18.9. The number of carboxylic acids is 1. The van der Waals surface area contributed by atoms with Crippen LogP contribution in [0.25, 0.3) is 6.08 Å². The molecule has 0 saturated heterocycles. The van der Waals surface area contributed by atoms with Crippen molar-refractivity contribution in [2.24, 2.45) is 0 Å². The molecule has 7 heteroatoms. The fourth-order valence-electron chi connectivity index (χ4n) is 2.09. The van der Waals surface area contributed by atoms with Gasteiger partial charge in [0.15, 0.2) is 0 Å². The van der Waals surface area contributed by atoms with Crippen molar-refractivity contribution in [2.45, 2.75) is 18.9 Å². The molecule has 0 unspecified atom stereocenters. The molecule has 0 atom stereocenters. The molecule has 122 valence electrons. The molecule has 1 rings (SSSR count). The van der Waals surface area contributed by atoms with Crippen LogP contribution < -0.4 is 0 Å². The molecule has 0 heterocycles. The lowest BCUT2D eigenvalue weighted by atomic mass is 10.1. The van der Waals surface area contributed by atoms with Gasteiger partial charge in [-0.2, -0.15) is 0 Å². The average Bonchev–Trinajstić information content (AvgIpc) is 2.51. The second kappa shape index (κ2) is 9.07. The van der Waals surface area contributed by atoms with E-state index in [0.29, 0.717) is 29.5 Å². The highest BCUT2D eigenvalue weighted by molar-refractivity contribution is 6.60. The van der Waals surface area contributed by atoms with Gasteiger partial charge in [-0.25, -0.2) is 4.79 Å². The van der Waals surface area contributed by atoms with Gasteiger partial charge in [-0.15, -0.1) is 0 Å². The van der Waals surface area contributed by atoms with Crippen LogP contribution in [-0.2, 0) is 18.1 Å². The summed E-state index contributed by atoms with van der Waals surface area (Å²) in [6.07, 6.45) is 2.62. The summed E-state index contributed by atoms with van der Waals surface area (Å²) < 4.78 is 16.0. The number of benzene rings is 1. The Hall–Kier alpha value is -1.18. The molecule has 0 aliphatic carbocycles. The monoisotopic (exact) mass is 344 g/mol. The molecular formula is C15H21ClO5Si. The van der Waals surface area contributed by atoms with E-state index in [4.69, 9.17) is 24.9 Å². The molecular weight excluding hydrogens is 324 g/mol. The van der Waals surface area contributed by atoms with Crippen molar-refractivity contribution in [3.05, 3.63) is 40.4 Å². The van der Waals surface area contributed by atoms with Gasteiger partial charge in [-0.1, -0.05) is 23.7 Å². The molecule has 0 aliphatic rings. The molecule has 0 bridgehead atoms. The van der Waals surface area contributed by atoms with Crippen LogP contribution in [0, 0.1) is 0 Å². The minimum atomic E-state index is -2.66. The van der Waals surface area contributed by atoms with Gasteiger partial charge < -0.3 is 18.4 Å². The maximum Gasteiger partial charge on any atom is 0.500 e. The largest absolute Gasteiger partial charge is 0.500 e. The number of carboxylic acid groups (broad SMARTS) is 1. The summed E-state index contributed by atoms with van der Waals surface area (Å²) in [5.74, 6) is -0.945. The molecule has 0 saturated carbocycles. The van der Waals surface area contributed by atoms with Crippen LogP contribution in [0.1, 0.15) is 18.4 Å². The fourth-order valence-corrected chi connectivity index (χ4v) is 4.01. The highest BCUT2D eigenvalue weighted by Gasteiger charge is 2.37. The molecule has 0 spiro atoms. The van der Waals surface area contributed by atoms with Gasteiger partial charge in [-0.05, 0) is 36.6 Å². The SMILES string of the molecule is CO[Si](CCCC(=Cc1cccc(Cl)c1)C(=O)O)(OC)OC. The van der Waals surface area contributed by atoms with Crippen LogP contribution in [0.3, 0.4) is 0 Å². The molecule has 0 aromatic heterocycles. The molecule has 0 radical (unpaired) electrons. The van der Waals surface area contributed by atoms with E-state index in [2.05, 4.69) is 0 Å². The standard InChI is InChI=1S/C15H21ClO5Si/c1-19-22(20-2,21-3)9-5-7-13(15(17)18)10-12-6-4-8-14(16)11-12/h4,6,8,10-11H,5,7,9H2,1-3H3,(H,17,18). The predicted octanol–water partition coefficient (Wildman–Crippen LogP) is 3.47. The Morgan fingerprint density at radius 1 is 1.27 bits per heavy atom. The third-order valence-electron chi connectivity index (χ3n) is 3.33. The van der Waals surface area contributed by atoms with E-state index in [1.54, 1.807) is 45.6 Å². The Labute approximate surface area is 136 Å². The van der Waals surface area contributed by atoms with Gasteiger partial charge in [0, 0.05) is 38.0 Å². The summed E-state index contributed by atoms with van der Waals surface area (Å²) in [6, 6.07) is 7.62. The number of halogens is 1. The molecule has 1 aromatic rings. The molecule has 0 aliphatic heterocycles. The molecule has 0 amide bonds. The third kappa shape index (κ3) is 5.55. The number of hydrogen-bond donors (Lipinski definition) is 1. The van der Waals surface area contributed by atoms with Crippen LogP contribution in [-0.4, -0.2) is 41.2 Å². The average molecular weight is 345 g/mol. The van der Waals surface area contributed by atoms with Gasteiger partial charge in [0.1, 0.15) is 0 Å². The Morgan fingerprint density at radius 3 is 2.41 bits per heavy atom. The fraction of sp³-hybridized carbons (Fsp3) is 0.400. The first-order valence-electron chi connectivity index (χ1n) is 6.81. The quantitative estimate of drug-likeness (QED) is 0.549. The lowest BCUT2D eigenvalue weighted by Gasteiger charge is -2.24. The Kier molecular flexibility index (Phi) is 7.78. The number of carbonyl (C=O) groups is 1. The Bertz CT molecular complexity index is 520. The molecule has 22 heavy (non-hydrogen) atoms. The van der Waals surface area contributed by atoms with Crippen molar-refractivity contribution in [1.29, 1.82) is 0 Å². The van der Waals surface area contributed by atoms with Gasteiger partial charge >= 0.3 is 14.8 Å². The van der Waals surface area contributed by atoms with E-state index < -0.39 is 14.8 Å². The minimum Gasteiger partial charge on any atom is -0.478 e. The van der Waals surface area contributed by atoms with Crippen molar-refractivity contribution in [3.63, 3.8) is 0 Å². The van der Waals surface area contributed by atoms with E-state index in [0.717, 1.165) is 5.56 Å². The second-order valence-electron chi connectivity index (χ2n) is 4.68. The highest BCUT2D eigenvalue weighted by atomic mass is 35.5. The maximum atomic E-state index is 11.4. The van der Waals surface area contributed by atoms with E-state index in [9.17, 15) is 9.90 Å². The third-order valence-corrected chi connectivity index (χ3v) is 6.39. The lowest BCUT2D eigenvalue weighted by molar-refractivity contribution is -0.132. The van der Waals surface area contributed by atoms with Crippen LogP contribution in [0.5, 0.6) is 0 Å². The first-order chi connectivity index (χ1) is 10.5. The first-order valence-corrected chi connectivity index (χ1v) is 9.12. The van der Waals surface area contributed by atoms with Crippen molar-refractivity contribution in [1.82, 2.24) is 0 Å². The van der Waals surface area contributed by atoms with Gasteiger partial charge in [-0.3, -0.25) is 0 Å². The highest BCUT2D eigenvalue weighted by Crippen LogP contribution is 2.21. The Balaban J connectivity index is 2.76. The molecule has 5 nitrogen and oxygen atoms in total. The van der Waals surface area contributed by atoms with Crippen molar-refractivity contribution >= 4 is 32.5 Å². The molecule has 0 fully saturated rings. The molecule has 1 aromatic carbocycles. The zero-order valence-corrected chi connectivity index (χ0v) is 14.7. The van der Waals surface area contributed by atoms with Gasteiger partial charge in [0.25, 0.3) is 0 Å². The second-order valence-corrected chi connectivity index (χ2v) is 8.21. The normalized spacial score (nSPS) is 12.5. The predicted molar refractivity (Wildman–Crippen MR) is 87.9 cm³/mol. The van der Waals surface area contributed by atoms with Crippen molar-refractivity contribution in [3.8, 4) is 0 Å². The number of rotatable bonds is 9. The summed E-state index contributed by atoms with van der Waals surface area (Å²) in [5, 5.41) is 9.89. The number of hydrogen-bond acceptors (Lipinski definition) is 4. The maximum absolute atomic E-state index is 11.4. The lowest BCUT2D eigenvalue weighted by Crippen LogP contribution is -2.42. The van der Waals surface area contributed by atoms with Gasteiger partial charge in [0.2, 0.25) is 0 Å². The van der Waals surface area contributed by atoms with Crippen molar-refractivity contribution in [2.75, 3.05) is 21.3 Å². The van der Waals surface area contributed by atoms with Gasteiger partial charge in [0.05, 0.1) is 0 Å². The summed E-state index contributed by atoms with van der Waals surface area (Å²) in [4.78, 5) is 11.4. The van der Waals surface area contributed by atoms with E-state index >= 15 is 0 Å². The van der Waals surface area contributed by atoms with Crippen LogP contribution in [0.2, 0.25) is 11.1 Å².